The van der Waals surface area contributed by atoms with Crippen LogP contribution in [0, 0.1) is 0 Å². The first-order valence-corrected chi connectivity index (χ1v) is 20.1. The molecule has 0 aliphatic carbocycles. The quantitative estimate of drug-likeness (QED) is 0.181. The van der Waals surface area contributed by atoms with Crippen LogP contribution < -0.4 is 0 Å². The van der Waals surface area contributed by atoms with Crippen LogP contribution in [0.15, 0.2) is 192 Å². The minimum Gasteiger partial charge on any atom is -0.309 e. The summed E-state index contributed by atoms with van der Waals surface area (Å²) in [7, 11) is 0. The van der Waals surface area contributed by atoms with Gasteiger partial charge in [0, 0.05) is 48.0 Å². The largest absolute Gasteiger partial charge is 0.309 e. The first kappa shape index (κ1) is 31.0. The lowest BCUT2D eigenvalue weighted by atomic mass is 9.99. The average Bonchev–Trinajstić information content (AvgIpc) is 3.79. The third kappa shape index (κ3) is 4.46. The fraction of sp³-hybridized carbons (Fsp3) is 0. The molecule has 3 aromatic heterocycles. The number of aromatic nitrogens is 4. The topological polar surface area (TPSA) is 35.6 Å². The van der Waals surface area contributed by atoms with E-state index in [1.165, 1.54) is 75.0 Å². The molecule has 4 nitrogen and oxygen atoms in total. The Kier molecular flexibility index (Phi) is 6.35. The molecule has 0 atom stereocenters. The molecule has 0 unspecified atom stereocenters. The molecule has 0 spiro atoms. The molecule has 0 radical (unpaired) electrons. The summed E-state index contributed by atoms with van der Waals surface area (Å²) in [6, 6.07) is 66.2. The standard InChI is InChI=1S/C52H30N4S/c1-2-12-33-28-36(24-20-31(33)10-1)55-45-26-23-35(30-41(45)49-37-13-4-3-11-32(37)21-27-46(49)55)34-22-25-44-40(29-34)38-14-5-7-17-43(38)56(44)52-53-42-16-9-19-48-50(42)51(54-52)39-15-6-8-18-47(39)57-48/h1-30H. The molecule has 264 valence electrons. The van der Waals surface area contributed by atoms with Crippen LogP contribution in [-0.2, 0) is 0 Å². The van der Waals surface area contributed by atoms with E-state index in [-0.39, 0.29) is 0 Å². The van der Waals surface area contributed by atoms with Gasteiger partial charge in [0.15, 0.2) is 0 Å². The molecule has 57 heavy (non-hydrogen) atoms. The van der Waals surface area contributed by atoms with Crippen LogP contribution in [0.25, 0.3) is 110 Å². The van der Waals surface area contributed by atoms with E-state index in [1.54, 1.807) is 11.8 Å². The lowest BCUT2D eigenvalue weighted by Crippen LogP contribution is -2.05. The van der Waals surface area contributed by atoms with Gasteiger partial charge in [0.2, 0.25) is 5.95 Å². The monoisotopic (exact) mass is 742 g/mol. The number of nitrogens with zero attached hydrogens (tertiary/aromatic N) is 4. The summed E-state index contributed by atoms with van der Waals surface area (Å²) in [6.45, 7) is 0. The Bertz CT molecular complexity index is 3690. The predicted octanol–water partition coefficient (Wildman–Crippen LogP) is 13.9. The predicted molar refractivity (Wildman–Crippen MR) is 238 cm³/mol. The van der Waals surface area contributed by atoms with Gasteiger partial charge in [-0.2, -0.15) is 0 Å². The third-order valence-corrected chi connectivity index (χ3v) is 13.0. The van der Waals surface area contributed by atoms with Crippen LogP contribution in [0.5, 0.6) is 0 Å². The average molecular weight is 743 g/mol. The van der Waals surface area contributed by atoms with Crippen molar-refractivity contribution in [2.24, 2.45) is 0 Å². The maximum absolute atomic E-state index is 5.36. The van der Waals surface area contributed by atoms with Gasteiger partial charge in [-0.3, -0.25) is 4.57 Å². The van der Waals surface area contributed by atoms with Crippen LogP contribution in [0.3, 0.4) is 0 Å². The Morgan fingerprint density at radius 2 is 1.05 bits per heavy atom. The lowest BCUT2D eigenvalue weighted by Gasteiger charge is -2.20. The number of benzene rings is 9. The molecule has 0 fully saturated rings. The van der Waals surface area contributed by atoms with Gasteiger partial charge < -0.3 is 4.57 Å². The zero-order valence-electron chi connectivity index (χ0n) is 30.5. The fourth-order valence-electron chi connectivity index (χ4n) is 9.32. The first-order chi connectivity index (χ1) is 28.2. The van der Waals surface area contributed by atoms with Crippen molar-refractivity contribution < 1.29 is 0 Å². The van der Waals surface area contributed by atoms with Gasteiger partial charge in [-0.25, -0.2) is 9.97 Å². The van der Waals surface area contributed by atoms with Crippen LogP contribution in [0.1, 0.15) is 0 Å². The summed E-state index contributed by atoms with van der Waals surface area (Å²) in [4.78, 5) is 13.0. The van der Waals surface area contributed by atoms with Gasteiger partial charge >= 0.3 is 0 Å². The van der Waals surface area contributed by atoms with Crippen LogP contribution in [0.2, 0.25) is 0 Å². The Morgan fingerprint density at radius 1 is 0.386 bits per heavy atom. The maximum atomic E-state index is 5.36. The highest BCUT2D eigenvalue weighted by Crippen LogP contribution is 2.47. The highest BCUT2D eigenvalue weighted by atomic mass is 32.2. The molecule has 0 saturated carbocycles. The zero-order valence-corrected chi connectivity index (χ0v) is 31.3. The summed E-state index contributed by atoms with van der Waals surface area (Å²) in [5.74, 6) is 0.685. The molecule has 1 aliphatic heterocycles. The van der Waals surface area contributed by atoms with E-state index in [4.69, 9.17) is 9.97 Å². The van der Waals surface area contributed by atoms with Gasteiger partial charge in [0.05, 0.1) is 33.3 Å². The molecular weight excluding hydrogens is 713 g/mol. The van der Waals surface area contributed by atoms with Crippen molar-refractivity contribution in [3.8, 4) is 34.0 Å². The van der Waals surface area contributed by atoms with Gasteiger partial charge in [0.1, 0.15) is 0 Å². The number of hydrogen-bond donors (Lipinski definition) is 0. The van der Waals surface area contributed by atoms with Gasteiger partial charge in [-0.05, 0) is 99.4 Å². The molecule has 0 N–H and O–H groups in total. The third-order valence-electron chi connectivity index (χ3n) is 11.9. The van der Waals surface area contributed by atoms with Crippen LogP contribution >= 0.6 is 11.8 Å². The van der Waals surface area contributed by atoms with Crippen molar-refractivity contribution in [3.63, 3.8) is 0 Å². The normalized spacial score (nSPS) is 12.5. The molecule has 4 heterocycles. The summed E-state index contributed by atoms with van der Waals surface area (Å²) in [6.07, 6.45) is 0. The van der Waals surface area contributed by atoms with Crippen molar-refractivity contribution >= 4 is 87.8 Å². The number of hydrogen-bond acceptors (Lipinski definition) is 3. The summed E-state index contributed by atoms with van der Waals surface area (Å²) in [5.41, 5.74) is 11.2. The maximum Gasteiger partial charge on any atom is 0.235 e. The Balaban J connectivity index is 1.03. The second-order valence-corrected chi connectivity index (χ2v) is 16.1. The Labute approximate surface area is 331 Å². The minimum atomic E-state index is 0.685. The van der Waals surface area contributed by atoms with Crippen molar-refractivity contribution in [2.75, 3.05) is 0 Å². The van der Waals surface area contributed by atoms with E-state index in [2.05, 4.69) is 191 Å². The van der Waals surface area contributed by atoms with E-state index in [0.29, 0.717) is 5.95 Å². The smallest absolute Gasteiger partial charge is 0.235 e. The summed E-state index contributed by atoms with van der Waals surface area (Å²) >= 11 is 1.80. The molecule has 13 rings (SSSR count). The molecule has 12 aromatic rings. The van der Waals surface area contributed by atoms with Gasteiger partial charge in [0.25, 0.3) is 0 Å². The minimum absolute atomic E-state index is 0.685. The van der Waals surface area contributed by atoms with Crippen molar-refractivity contribution in [1.29, 1.82) is 0 Å². The molecule has 5 heteroatoms. The molecule has 9 aromatic carbocycles. The second-order valence-electron chi connectivity index (χ2n) is 15.0. The highest BCUT2D eigenvalue weighted by Gasteiger charge is 2.24. The number of fused-ring (bicyclic) bond motifs is 11. The Hall–Kier alpha value is -7.21. The van der Waals surface area contributed by atoms with E-state index in [1.807, 2.05) is 0 Å². The Morgan fingerprint density at radius 3 is 1.95 bits per heavy atom. The van der Waals surface area contributed by atoms with Crippen molar-refractivity contribution in [2.45, 2.75) is 9.79 Å². The molecular formula is C52H30N4S. The highest BCUT2D eigenvalue weighted by molar-refractivity contribution is 7.99. The van der Waals surface area contributed by atoms with Crippen LogP contribution in [0.4, 0.5) is 0 Å². The van der Waals surface area contributed by atoms with E-state index >= 15 is 0 Å². The van der Waals surface area contributed by atoms with E-state index in [0.717, 1.165) is 38.9 Å². The first-order valence-electron chi connectivity index (χ1n) is 19.3. The number of rotatable bonds is 3. The molecule has 0 bridgehead atoms. The zero-order chi connectivity index (χ0) is 37.2. The summed E-state index contributed by atoms with van der Waals surface area (Å²) < 4.78 is 4.68. The van der Waals surface area contributed by atoms with Crippen molar-refractivity contribution in [1.82, 2.24) is 19.1 Å². The molecule has 1 aliphatic rings. The summed E-state index contributed by atoms with van der Waals surface area (Å²) in [5, 5.41) is 11.0. The molecule has 0 amide bonds. The van der Waals surface area contributed by atoms with E-state index < -0.39 is 0 Å². The van der Waals surface area contributed by atoms with Crippen LogP contribution in [-0.4, -0.2) is 19.1 Å². The fourth-order valence-corrected chi connectivity index (χ4v) is 10.4. The SMILES string of the molecule is c1ccc2c(c1)Sc1cccc3nc(-n4c5ccccc5c5cc(-c6ccc7c(c6)c6c8ccccc8ccc6n7-c6ccc7ccccc7c6)ccc54)nc-2c13. The van der Waals surface area contributed by atoms with Gasteiger partial charge in [-0.1, -0.05) is 127 Å². The van der Waals surface area contributed by atoms with E-state index in [9.17, 15) is 0 Å². The lowest BCUT2D eigenvalue weighted by molar-refractivity contribution is 1.01. The molecule has 0 saturated heterocycles. The van der Waals surface area contributed by atoms with Gasteiger partial charge in [-0.15, -0.1) is 0 Å². The van der Waals surface area contributed by atoms with Crippen molar-refractivity contribution in [3.05, 3.63) is 182 Å². The second kappa shape index (κ2) is 11.7. The number of para-hydroxylation sites is 1.